The van der Waals surface area contributed by atoms with Crippen LogP contribution in [0.2, 0.25) is 0 Å². The number of carbonyl (C=O) groups excluding carboxylic acids is 2. The second-order valence-electron chi connectivity index (χ2n) is 6.53. The molecule has 0 atom stereocenters. The molecule has 0 saturated heterocycles. The van der Waals surface area contributed by atoms with E-state index in [0.29, 0.717) is 16.3 Å². The van der Waals surface area contributed by atoms with E-state index in [4.69, 9.17) is 9.05 Å². The van der Waals surface area contributed by atoms with Crippen molar-refractivity contribution in [3.63, 3.8) is 0 Å². The second-order valence-corrected chi connectivity index (χ2v) is 9.39. The first-order valence-corrected chi connectivity index (χ1v) is 12.7. The number of benzene rings is 2. The van der Waals surface area contributed by atoms with Gasteiger partial charge in [0.15, 0.2) is 5.13 Å². The monoisotopic (exact) mass is 485 g/mol. The summed E-state index contributed by atoms with van der Waals surface area (Å²) in [5.41, 5.74) is 0.503. The fourth-order valence-corrected chi connectivity index (χ4v) is 5.42. The molecule has 10 heteroatoms. The Hall–Kier alpha value is -3.10. The Morgan fingerprint density at radius 2 is 1.52 bits per heavy atom. The lowest BCUT2D eigenvalue weighted by molar-refractivity contribution is -0.113. The van der Waals surface area contributed by atoms with Crippen molar-refractivity contribution < 1.29 is 23.2 Å². The normalized spacial score (nSPS) is 12.1. The quantitative estimate of drug-likeness (QED) is 0.304. The van der Waals surface area contributed by atoms with Gasteiger partial charge in [-0.25, -0.2) is 4.98 Å². The van der Waals surface area contributed by atoms with Crippen molar-refractivity contribution in [3.8, 4) is 0 Å². The molecule has 0 bridgehead atoms. The molecular formula is C23H24N3O5PS. The summed E-state index contributed by atoms with van der Waals surface area (Å²) in [6, 6.07) is 17.0. The molecule has 2 amide bonds. The van der Waals surface area contributed by atoms with E-state index in [1.807, 2.05) is 0 Å². The molecule has 1 heterocycles. The van der Waals surface area contributed by atoms with Crippen LogP contribution in [0.3, 0.4) is 0 Å². The molecule has 0 spiro atoms. The molecule has 3 aromatic rings. The summed E-state index contributed by atoms with van der Waals surface area (Å²) in [4.78, 5) is 30.5. The average Bonchev–Trinajstić information content (AvgIpc) is 3.33. The zero-order valence-corrected chi connectivity index (χ0v) is 19.9. The number of anilines is 1. The Morgan fingerprint density at radius 1 is 0.939 bits per heavy atom. The van der Waals surface area contributed by atoms with Gasteiger partial charge in [-0.15, -0.1) is 11.3 Å². The standard InChI is InChI=1S/C23H24N3O5PS/c1-3-30-32(29,31-4-2)20(17-11-7-5-8-12-17)19(22(28)26-23-24-15-16-33-23)25-21(27)18-13-9-6-10-14-18/h5-16H,3-4H2,1-2H3,(H,25,27)(H,24,26,28). The topological polar surface area (TPSA) is 107 Å². The first-order chi connectivity index (χ1) is 16.0. The molecule has 0 aliphatic rings. The maximum absolute atomic E-state index is 13.9. The molecule has 0 saturated carbocycles. The molecule has 172 valence electrons. The zero-order chi connectivity index (χ0) is 23.7. The zero-order valence-electron chi connectivity index (χ0n) is 18.2. The molecule has 2 N–H and O–H groups in total. The molecule has 33 heavy (non-hydrogen) atoms. The predicted octanol–water partition coefficient (Wildman–Crippen LogP) is 5.15. The third kappa shape index (κ3) is 6.24. The molecule has 0 unspecified atom stereocenters. The maximum atomic E-state index is 13.9. The Balaban J connectivity index is 2.21. The lowest BCUT2D eigenvalue weighted by atomic mass is 10.1. The summed E-state index contributed by atoms with van der Waals surface area (Å²) in [5.74, 6) is -1.25. The van der Waals surface area contributed by atoms with Gasteiger partial charge in [-0.3, -0.25) is 19.5 Å². The Morgan fingerprint density at radius 3 is 2.03 bits per heavy atom. The number of carbonyl (C=O) groups is 2. The number of nitrogens with one attached hydrogen (secondary N) is 2. The number of amides is 2. The molecule has 0 radical (unpaired) electrons. The fourth-order valence-electron chi connectivity index (χ4n) is 2.99. The van der Waals surface area contributed by atoms with E-state index in [1.54, 1.807) is 79.9 Å². The van der Waals surface area contributed by atoms with Crippen molar-refractivity contribution in [1.29, 1.82) is 0 Å². The van der Waals surface area contributed by atoms with Crippen LogP contribution in [-0.2, 0) is 18.4 Å². The molecular weight excluding hydrogens is 461 g/mol. The highest BCUT2D eigenvalue weighted by Crippen LogP contribution is 2.61. The SMILES string of the molecule is CCOP(=O)(OCC)C(=C(NC(=O)c1ccccc1)C(=O)Nc1nccs1)c1ccccc1. The predicted molar refractivity (Wildman–Crippen MR) is 129 cm³/mol. The third-order valence-electron chi connectivity index (χ3n) is 4.31. The van der Waals surface area contributed by atoms with Crippen LogP contribution in [0, 0.1) is 0 Å². The fraction of sp³-hybridized carbons (Fsp3) is 0.174. The average molecular weight is 486 g/mol. The summed E-state index contributed by atoms with van der Waals surface area (Å²) in [7, 11) is -4.01. The second kappa shape index (κ2) is 11.7. The van der Waals surface area contributed by atoms with E-state index in [0.717, 1.165) is 0 Å². The molecule has 3 rings (SSSR count). The van der Waals surface area contributed by atoms with E-state index in [9.17, 15) is 14.2 Å². The highest BCUT2D eigenvalue weighted by molar-refractivity contribution is 7.65. The first kappa shape index (κ1) is 24.5. The van der Waals surface area contributed by atoms with Gasteiger partial charge in [0.25, 0.3) is 11.8 Å². The van der Waals surface area contributed by atoms with Crippen LogP contribution in [0.25, 0.3) is 5.31 Å². The van der Waals surface area contributed by atoms with Gasteiger partial charge in [0.05, 0.1) is 13.2 Å². The van der Waals surface area contributed by atoms with E-state index in [1.165, 1.54) is 17.5 Å². The minimum atomic E-state index is -4.01. The molecule has 0 aliphatic heterocycles. The van der Waals surface area contributed by atoms with E-state index >= 15 is 0 Å². The van der Waals surface area contributed by atoms with Gasteiger partial charge in [-0.1, -0.05) is 48.5 Å². The summed E-state index contributed by atoms with van der Waals surface area (Å²) in [5, 5.41) is 7.27. The number of nitrogens with zero attached hydrogens (tertiary/aromatic N) is 1. The minimum Gasteiger partial charge on any atom is -0.317 e. The Labute approximate surface area is 196 Å². The van der Waals surface area contributed by atoms with Crippen LogP contribution in [0.15, 0.2) is 77.9 Å². The van der Waals surface area contributed by atoms with Gasteiger partial charge in [-0.2, -0.15) is 0 Å². The van der Waals surface area contributed by atoms with E-state index in [2.05, 4.69) is 15.6 Å². The van der Waals surface area contributed by atoms with Crippen LogP contribution < -0.4 is 10.6 Å². The van der Waals surface area contributed by atoms with Crippen molar-refractivity contribution in [2.24, 2.45) is 0 Å². The molecule has 8 nitrogen and oxygen atoms in total. The summed E-state index contributed by atoms with van der Waals surface area (Å²) in [6.45, 7) is 3.49. The van der Waals surface area contributed by atoms with Crippen LogP contribution in [0.4, 0.5) is 5.13 Å². The van der Waals surface area contributed by atoms with Gasteiger partial charge in [0.1, 0.15) is 11.0 Å². The van der Waals surface area contributed by atoms with Crippen LogP contribution in [0.5, 0.6) is 0 Å². The summed E-state index contributed by atoms with van der Waals surface area (Å²) < 4.78 is 25.1. The van der Waals surface area contributed by atoms with Crippen molar-refractivity contribution in [2.75, 3.05) is 18.5 Å². The van der Waals surface area contributed by atoms with Gasteiger partial charge in [0.2, 0.25) is 0 Å². The number of hydrogen-bond donors (Lipinski definition) is 2. The molecule has 1 aromatic heterocycles. The van der Waals surface area contributed by atoms with E-state index < -0.39 is 19.4 Å². The first-order valence-electron chi connectivity index (χ1n) is 10.2. The van der Waals surface area contributed by atoms with Crippen LogP contribution in [0.1, 0.15) is 29.8 Å². The van der Waals surface area contributed by atoms with Gasteiger partial charge in [0, 0.05) is 17.1 Å². The molecule has 2 aromatic carbocycles. The molecule has 0 fully saturated rings. The van der Waals surface area contributed by atoms with Crippen molar-refractivity contribution >= 4 is 41.2 Å². The van der Waals surface area contributed by atoms with Crippen molar-refractivity contribution in [3.05, 3.63) is 89.1 Å². The lowest BCUT2D eigenvalue weighted by Gasteiger charge is -2.23. The third-order valence-corrected chi connectivity index (χ3v) is 7.22. The smallest absolute Gasteiger partial charge is 0.317 e. The summed E-state index contributed by atoms with van der Waals surface area (Å²) >= 11 is 1.21. The van der Waals surface area contributed by atoms with Crippen molar-refractivity contribution in [1.82, 2.24) is 10.3 Å². The number of thiazole rings is 1. The van der Waals surface area contributed by atoms with E-state index in [-0.39, 0.29) is 24.2 Å². The highest BCUT2D eigenvalue weighted by atomic mass is 32.1. The number of hydrogen-bond acceptors (Lipinski definition) is 7. The Kier molecular flexibility index (Phi) is 8.68. The van der Waals surface area contributed by atoms with Crippen LogP contribution >= 0.6 is 18.9 Å². The maximum Gasteiger partial charge on any atom is 0.364 e. The Bertz CT molecular complexity index is 1140. The summed E-state index contributed by atoms with van der Waals surface area (Å²) in [6.07, 6.45) is 1.54. The number of aromatic nitrogens is 1. The van der Waals surface area contributed by atoms with Crippen molar-refractivity contribution in [2.45, 2.75) is 13.8 Å². The van der Waals surface area contributed by atoms with Gasteiger partial charge >= 0.3 is 7.60 Å². The number of rotatable bonds is 10. The molecule has 0 aliphatic carbocycles. The minimum absolute atomic E-state index is 0.0369. The lowest BCUT2D eigenvalue weighted by Crippen LogP contribution is -2.32. The van der Waals surface area contributed by atoms with Gasteiger partial charge < -0.3 is 14.4 Å². The van der Waals surface area contributed by atoms with Crippen LogP contribution in [-0.4, -0.2) is 30.0 Å². The largest absolute Gasteiger partial charge is 0.364 e. The van der Waals surface area contributed by atoms with Gasteiger partial charge in [-0.05, 0) is 31.5 Å². The highest BCUT2D eigenvalue weighted by Gasteiger charge is 2.37.